The highest BCUT2D eigenvalue weighted by Gasteiger charge is 2.06. The number of aliphatic hydroxyl groups excluding tert-OH is 1. The lowest BCUT2D eigenvalue weighted by atomic mass is 10.2. The number of primary amides is 1. The number of carbonyl (C=O) groups excluding carboxylic acids is 1. The first-order valence-corrected chi connectivity index (χ1v) is 7.75. The van der Waals surface area contributed by atoms with E-state index in [9.17, 15) is 15.0 Å². The average molecular weight is 347 g/mol. The zero-order chi connectivity index (χ0) is 18.1. The zero-order valence-electron chi connectivity index (χ0n) is 13.6. The van der Waals surface area contributed by atoms with Crippen molar-refractivity contribution in [3.8, 4) is 17.5 Å². The molecular weight excluding hydrogens is 326 g/mol. The van der Waals surface area contributed by atoms with Crippen LogP contribution < -0.4 is 20.5 Å². The molecule has 0 fully saturated rings. The summed E-state index contributed by atoms with van der Waals surface area (Å²) in [7, 11) is 0. The number of pyridine rings is 1. The van der Waals surface area contributed by atoms with E-state index in [1.54, 1.807) is 36.4 Å². The number of benzene rings is 1. The van der Waals surface area contributed by atoms with Crippen molar-refractivity contribution >= 4 is 5.91 Å². The van der Waals surface area contributed by atoms with E-state index in [0.717, 1.165) is 0 Å². The molecule has 0 aliphatic heterocycles. The highest BCUT2D eigenvalue weighted by atomic mass is 16.5. The van der Waals surface area contributed by atoms with E-state index >= 15 is 0 Å². The van der Waals surface area contributed by atoms with E-state index in [2.05, 4.69) is 10.3 Å². The summed E-state index contributed by atoms with van der Waals surface area (Å²) in [6.07, 6.45) is -0.723. The van der Waals surface area contributed by atoms with Crippen LogP contribution in [0.3, 0.4) is 0 Å². The van der Waals surface area contributed by atoms with Crippen molar-refractivity contribution in [1.82, 2.24) is 10.3 Å². The summed E-state index contributed by atoms with van der Waals surface area (Å²) < 4.78 is 10.8. The maximum Gasteiger partial charge on any atom is 0.248 e. The van der Waals surface area contributed by atoms with Crippen LogP contribution in [0.5, 0.6) is 17.5 Å². The Hall–Kier alpha value is -2.84. The van der Waals surface area contributed by atoms with Crippen molar-refractivity contribution in [2.75, 3.05) is 26.3 Å². The van der Waals surface area contributed by atoms with E-state index in [1.807, 2.05) is 0 Å². The minimum absolute atomic E-state index is 0.0545. The number of amides is 1. The Kier molecular flexibility index (Phi) is 7.00. The topological polar surface area (TPSA) is 127 Å². The van der Waals surface area contributed by atoms with Crippen LogP contribution in [-0.4, -0.2) is 53.5 Å². The number of nitrogens with zero attached hydrogens (tertiary/aromatic N) is 1. The van der Waals surface area contributed by atoms with Gasteiger partial charge in [-0.1, -0.05) is 6.07 Å². The first kappa shape index (κ1) is 18.5. The van der Waals surface area contributed by atoms with Crippen LogP contribution in [0.1, 0.15) is 10.4 Å². The fourth-order valence-electron chi connectivity index (χ4n) is 1.95. The number of aromatic nitrogens is 1. The second kappa shape index (κ2) is 9.45. The Morgan fingerprint density at radius 3 is 2.64 bits per heavy atom. The Morgan fingerprint density at radius 2 is 1.96 bits per heavy atom. The van der Waals surface area contributed by atoms with Crippen LogP contribution in [0.15, 0.2) is 42.5 Å². The molecule has 0 spiro atoms. The Morgan fingerprint density at radius 1 is 1.20 bits per heavy atom. The number of nitrogens with one attached hydrogen (secondary N) is 1. The second-order valence-corrected chi connectivity index (χ2v) is 5.24. The number of nitrogens with two attached hydrogens (primary N) is 1. The molecule has 0 aliphatic carbocycles. The van der Waals surface area contributed by atoms with E-state index in [1.165, 1.54) is 6.07 Å². The van der Waals surface area contributed by atoms with Crippen molar-refractivity contribution in [2.45, 2.75) is 6.10 Å². The van der Waals surface area contributed by atoms with Crippen LogP contribution in [-0.2, 0) is 0 Å². The molecule has 1 unspecified atom stereocenters. The number of hydrogen-bond acceptors (Lipinski definition) is 7. The van der Waals surface area contributed by atoms with Crippen molar-refractivity contribution in [3.05, 3.63) is 48.0 Å². The molecule has 0 bridgehead atoms. The van der Waals surface area contributed by atoms with Gasteiger partial charge >= 0.3 is 0 Å². The molecule has 5 N–H and O–H groups in total. The molecule has 8 nitrogen and oxygen atoms in total. The Bertz CT molecular complexity index is 678. The lowest BCUT2D eigenvalue weighted by molar-refractivity contribution is 0.1000. The molecule has 134 valence electrons. The summed E-state index contributed by atoms with van der Waals surface area (Å²) in [6.45, 7) is 1.30. The van der Waals surface area contributed by atoms with Gasteiger partial charge in [-0.25, -0.2) is 0 Å². The molecule has 2 aromatic rings. The molecule has 2 rings (SSSR count). The van der Waals surface area contributed by atoms with Gasteiger partial charge in [-0.3, -0.25) is 4.79 Å². The zero-order valence-corrected chi connectivity index (χ0v) is 13.6. The van der Waals surface area contributed by atoms with Gasteiger partial charge in [0.15, 0.2) is 0 Å². The molecular formula is C17H21N3O5. The smallest absolute Gasteiger partial charge is 0.248 e. The van der Waals surface area contributed by atoms with Gasteiger partial charge in [0.05, 0.1) is 0 Å². The predicted octanol–water partition coefficient (Wildman–Crippen LogP) is 0.294. The monoisotopic (exact) mass is 347 g/mol. The molecule has 1 aromatic carbocycles. The summed E-state index contributed by atoms with van der Waals surface area (Å²) in [5.41, 5.74) is 5.59. The number of carbonyl (C=O) groups is 1. The van der Waals surface area contributed by atoms with Crippen molar-refractivity contribution < 1.29 is 24.5 Å². The molecule has 0 radical (unpaired) electrons. The van der Waals surface area contributed by atoms with Crippen LogP contribution in [0.2, 0.25) is 0 Å². The van der Waals surface area contributed by atoms with Crippen LogP contribution in [0, 0.1) is 0 Å². The van der Waals surface area contributed by atoms with Crippen molar-refractivity contribution in [1.29, 1.82) is 0 Å². The van der Waals surface area contributed by atoms with Crippen LogP contribution in [0.4, 0.5) is 0 Å². The molecule has 0 saturated heterocycles. The third kappa shape index (κ3) is 6.66. The molecule has 1 atom stereocenters. The molecule has 25 heavy (non-hydrogen) atoms. The van der Waals surface area contributed by atoms with E-state index in [4.69, 9.17) is 15.2 Å². The normalized spacial score (nSPS) is 11.7. The van der Waals surface area contributed by atoms with Gasteiger partial charge in [-0.05, 0) is 24.3 Å². The van der Waals surface area contributed by atoms with Gasteiger partial charge in [0, 0.05) is 30.8 Å². The summed E-state index contributed by atoms with van der Waals surface area (Å²) >= 11 is 0. The minimum Gasteiger partial charge on any atom is -0.493 e. The van der Waals surface area contributed by atoms with Crippen LogP contribution in [0.25, 0.3) is 0 Å². The van der Waals surface area contributed by atoms with E-state index < -0.39 is 12.0 Å². The molecule has 0 aliphatic rings. The van der Waals surface area contributed by atoms with Gasteiger partial charge in [0.25, 0.3) is 0 Å². The summed E-state index contributed by atoms with van der Waals surface area (Å²) in [5.74, 6) is 0.267. The van der Waals surface area contributed by atoms with Gasteiger partial charge < -0.3 is 30.7 Å². The third-order valence-corrected chi connectivity index (χ3v) is 3.20. The average Bonchev–Trinajstić information content (AvgIpc) is 2.60. The van der Waals surface area contributed by atoms with Gasteiger partial charge in [0.1, 0.15) is 25.1 Å². The number of ether oxygens (including phenoxy) is 2. The highest BCUT2D eigenvalue weighted by Crippen LogP contribution is 2.12. The summed E-state index contributed by atoms with van der Waals surface area (Å²) in [5, 5.41) is 22.1. The number of hydrogen-bond donors (Lipinski definition) is 4. The largest absolute Gasteiger partial charge is 0.493 e. The van der Waals surface area contributed by atoms with Crippen LogP contribution >= 0.6 is 0 Å². The first-order valence-electron chi connectivity index (χ1n) is 7.75. The highest BCUT2D eigenvalue weighted by molar-refractivity contribution is 5.92. The maximum absolute atomic E-state index is 11.0. The van der Waals surface area contributed by atoms with Gasteiger partial charge in [-0.15, -0.1) is 0 Å². The lowest BCUT2D eigenvalue weighted by Crippen LogP contribution is -2.33. The molecule has 1 amide bonds. The Balaban J connectivity index is 1.58. The van der Waals surface area contributed by atoms with Gasteiger partial charge in [0.2, 0.25) is 17.7 Å². The van der Waals surface area contributed by atoms with Crippen molar-refractivity contribution in [3.63, 3.8) is 0 Å². The molecule has 1 heterocycles. The third-order valence-electron chi connectivity index (χ3n) is 3.20. The fourth-order valence-corrected chi connectivity index (χ4v) is 1.95. The first-order chi connectivity index (χ1) is 12.0. The number of rotatable bonds is 10. The Labute approximate surface area is 145 Å². The summed E-state index contributed by atoms with van der Waals surface area (Å²) in [6, 6.07) is 11.2. The molecule has 0 saturated carbocycles. The SMILES string of the molecule is NC(=O)c1ccc(OCCNCC(O)COc2cccc(O)n2)cc1. The standard InChI is InChI=1S/C17H21N3O5/c18-17(23)12-4-6-14(7-5-12)24-9-8-19-10-13(21)11-25-16-3-1-2-15(22)20-16/h1-7,13,19,21H,8-11H2,(H2,18,23)(H,20,22). The predicted molar refractivity (Wildman–Crippen MR) is 90.7 cm³/mol. The van der Waals surface area contributed by atoms with E-state index in [-0.39, 0.29) is 18.4 Å². The number of aliphatic hydroxyl groups is 1. The number of aromatic hydroxyl groups is 1. The summed E-state index contributed by atoms with van der Waals surface area (Å²) in [4.78, 5) is 14.7. The van der Waals surface area contributed by atoms with Crippen molar-refractivity contribution in [2.24, 2.45) is 5.73 Å². The molecule has 8 heteroatoms. The minimum atomic E-state index is -0.723. The van der Waals surface area contributed by atoms with E-state index in [0.29, 0.717) is 31.0 Å². The second-order valence-electron chi connectivity index (χ2n) is 5.24. The maximum atomic E-state index is 11.0. The lowest BCUT2D eigenvalue weighted by Gasteiger charge is -2.13. The molecule has 1 aromatic heterocycles. The fraction of sp³-hybridized carbons (Fsp3) is 0.294. The van der Waals surface area contributed by atoms with Gasteiger partial charge in [-0.2, -0.15) is 4.98 Å². The quantitative estimate of drug-likeness (QED) is 0.455.